The molecule has 0 unspecified atom stereocenters. The van der Waals surface area contributed by atoms with Crippen molar-refractivity contribution in [2.24, 2.45) is 0 Å². The van der Waals surface area contributed by atoms with Crippen LogP contribution in [0, 0.1) is 5.82 Å². The highest BCUT2D eigenvalue weighted by Crippen LogP contribution is 2.20. The number of nitrogens with zero attached hydrogens (tertiary/aromatic N) is 1. The Hall–Kier alpha value is -2.20. The maximum Gasteiger partial charge on any atom is 0.249 e. The van der Waals surface area contributed by atoms with Gasteiger partial charge in [0, 0.05) is 17.8 Å². The fraction of sp³-hybridized carbons (Fsp3) is 0. The van der Waals surface area contributed by atoms with E-state index in [0.717, 1.165) is 0 Å². The molecule has 5 heteroatoms. The molecule has 2 rings (SSSR count). The average molecular weight is 277 g/mol. The van der Waals surface area contributed by atoms with Gasteiger partial charge < -0.3 is 5.32 Å². The standard InChI is InChI=1S/C14H10ClFN2O/c15-11-4-3-5-12(16)10(11)7-8-14(19)18-13-6-1-2-9-17-13/h1-9H,(H,17,18,19). The van der Waals surface area contributed by atoms with Crippen LogP contribution in [0.4, 0.5) is 10.2 Å². The molecule has 0 bridgehead atoms. The second kappa shape index (κ2) is 6.11. The van der Waals surface area contributed by atoms with Crippen LogP contribution < -0.4 is 5.32 Å². The molecule has 0 spiro atoms. The van der Waals surface area contributed by atoms with Crippen LogP contribution in [0.3, 0.4) is 0 Å². The van der Waals surface area contributed by atoms with Crippen molar-refractivity contribution in [2.75, 3.05) is 5.32 Å². The first-order valence-corrected chi connectivity index (χ1v) is 5.89. The number of hydrogen-bond donors (Lipinski definition) is 1. The summed E-state index contributed by atoms with van der Waals surface area (Å²) in [5, 5.41) is 2.80. The topological polar surface area (TPSA) is 42.0 Å². The fourth-order valence-electron chi connectivity index (χ4n) is 1.43. The minimum Gasteiger partial charge on any atom is -0.307 e. The van der Waals surface area contributed by atoms with Gasteiger partial charge in [0.05, 0.1) is 5.02 Å². The van der Waals surface area contributed by atoms with Crippen LogP contribution in [0.2, 0.25) is 5.02 Å². The van der Waals surface area contributed by atoms with E-state index in [0.29, 0.717) is 5.82 Å². The van der Waals surface area contributed by atoms with Crippen LogP contribution in [0.1, 0.15) is 5.56 Å². The predicted octanol–water partition coefficient (Wildman–Crippen LogP) is 3.53. The highest BCUT2D eigenvalue weighted by Gasteiger charge is 2.04. The number of anilines is 1. The Kier molecular flexibility index (Phi) is 4.26. The fourth-order valence-corrected chi connectivity index (χ4v) is 1.66. The molecular formula is C14H10ClFN2O. The summed E-state index contributed by atoms with van der Waals surface area (Å²) < 4.78 is 13.4. The van der Waals surface area contributed by atoms with Crippen molar-refractivity contribution >= 4 is 29.4 Å². The van der Waals surface area contributed by atoms with Crippen LogP contribution >= 0.6 is 11.6 Å². The number of rotatable bonds is 3. The van der Waals surface area contributed by atoms with Gasteiger partial charge in [-0.25, -0.2) is 9.37 Å². The molecule has 1 N–H and O–H groups in total. The number of carbonyl (C=O) groups excluding carboxylic acids is 1. The van der Waals surface area contributed by atoms with Crippen LogP contribution in [0.15, 0.2) is 48.7 Å². The molecule has 1 amide bonds. The normalized spacial score (nSPS) is 10.6. The number of pyridine rings is 1. The van der Waals surface area contributed by atoms with Crippen LogP contribution in [-0.4, -0.2) is 10.9 Å². The van der Waals surface area contributed by atoms with E-state index in [2.05, 4.69) is 10.3 Å². The van der Waals surface area contributed by atoms with Crippen molar-refractivity contribution in [1.29, 1.82) is 0 Å². The van der Waals surface area contributed by atoms with Crippen LogP contribution in [0.25, 0.3) is 6.08 Å². The second-order valence-electron chi connectivity index (χ2n) is 3.67. The monoisotopic (exact) mass is 276 g/mol. The maximum atomic E-state index is 13.4. The number of hydrogen-bond acceptors (Lipinski definition) is 2. The van der Waals surface area contributed by atoms with Gasteiger partial charge in [-0.1, -0.05) is 23.7 Å². The lowest BCUT2D eigenvalue weighted by atomic mass is 10.2. The van der Waals surface area contributed by atoms with Crippen molar-refractivity contribution in [1.82, 2.24) is 4.98 Å². The van der Waals surface area contributed by atoms with Gasteiger partial charge in [0.25, 0.3) is 0 Å². The van der Waals surface area contributed by atoms with Crippen LogP contribution in [0.5, 0.6) is 0 Å². The molecule has 19 heavy (non-hydrogen) atoms. The number of benzene rings is 1. The number of halogens is 2. The second-order valence-corrected chi connectivity index (χ2v) is 4.08. The van der Waals surface area contributed by atoms with Gasteiger partial charge in [-0.05, 0) is 30.3 Å². The Balaban J connectivity index is 2.09. The molecule has 1 aromatic heterocycles. The summed E-state index contributed by atoms with van der Waals surface area (Å²) in [5.74, 6) is -0.454. The maximum absolute atomic E-state index is 13.4. The van der Waals surface area contributed by atoms with Gasteiger partial charge in [0.15, 0.2) is 0 Å². The molecule has 0 fully saturated rings. The molecule has 96 valence electrons. The van der Waals surface area contributed by atoms with Crippen molar-refractivity contribution in [3.8, 4) is 0 Å². The Morgan fingerprint density at radius 2 is 2.11 bits per heavy atom. The molecule has 0 radical (unpaired) electrons. The molecular weight excluding hydrogens is 267 g/mol. The zero-order valence-corrected chi connectivity index (χ0v) is 10.6. The molecule has 1 heterocycles. The molecule has 1 aromatic carbocycles. The number of aromatic nitrogens is 1. The van der Waals surface area contributed by atoms with E-state index in [1.807, 2.05) is 0 Å². The van der Waals surface area contributed by atoms with E-state index in [9.17, 15) is 9.18 Å². The van der Waals surface area contributed by atoms with E-state index < -0.39 is 11.7 Å². The summed E-state index contributed by atoms with van der Waals surface area (Å²) in [4.78, 5) is 15.5. The van der Waals surface area contributed by atoms with Crippen molar-refractivity contribution in [2.45, 2.75) is 0 Å². The van der Waals surface area contributed by atoms with Gasteiger partial charge in [-0.15, -0.1) is 0 Å². The summed E-state index contributed by atoms with van der Waals surface area (Å²) >= 11 is 5.84. The van der Waals surface area contributed by atoms with E-state index in [1.165, 1.54) is 24.3 Å². The third kappa shape index (κ3) is 3.63. The van der Waals surface area contributed by atoms with Crippen molar-refractivity contribution in [3.05, 3.63) is 65.1 Å². The van der Waals surface area contributed by atoms with E-state index in [4.69, 9.17) is 11.6 Å². The van der Waals surface area contributed by atoms with Crippen LogP contribution in [-0.2, 0) is 4.79 Å². The summed E-state index contributed by atoms with van der Waals surface area (Å²) in [7, 11) is 0. The Morgan fingerprint density at radius 3 is 2.79 bits per heavy atom. The average Bonchev–Trinajstić information content (AvgIpc) is 2.39. The Bertz CT molecular complexity index is 594. The summed E-state index contributed by atoms with van der Waals surface area (Å²) in [5.41, 5.74) is 0.181. The number of carbonyl (C=O) groups is 1. The highest BCUT2D eigenvalue weighted by atomic mass is 35.5. The molecule has 0 saturated carbocycles. The minimum atomic E-state index is -0.477. The largest absolute Gasteiger partial charge is 0.307 e. The molecule has 0 aliphatic carbocycles. The van der Waals surface area contributed by atoms with E-state index in [-0.39, 0.29) is 10.6 Å². The van der Waals surface area contributed by atoms with Gasteiger partial charge in [-0.2, -0.15) is 0 Å². The van der Waals surface area contributed by atoms with Crippen molar-refractivity contribution < 1.29 is 9.18 Å². The first-order chi connectivity index (χ1) is 9.16. The summed E-state index contributed by atoms with van der Waals surface area (Å²) in [6, 6.07) is 9.48. The Morgan fingerprint density at radius 1 is 1.26 bits per heavy atom. The third-order valence-electron chi connectivity index (χ3n) is 2.32. The molecule has 0 aliphatic heterocycles. The predicted molar refractivity (Wildman–Crippen MR) is 73.3 cm³/mol. The van der Waals surface area contributed by atoms with Gasteiger partial charge in [-0.3, -0.25) is 4.79 Å². The lowest BCUT2D eigenvalue weighted by Crippen LogP contribution is -2.08. The van der Waals surface area contributed by atoms with Crippen molar-refractivity contribution in [3.63, 3.8) is 0 Å². The molecule has 0 aliphatic rings. The smallest absolute Gasteiger partial charge is 0.249 e. The number of amides is 1. The zero-order valence-electron chi connectivity index (χ0n) is 9.81. The Labute approximate surface area is 114 Å². The SMILES string of the molecule is O=C(C=Cc1c(F)cccc1Cl)Nc1ccccn1. The molecule has 3 nitrogen and oxygen atoms in total. The first-order valence-electron chi connectivity index (χ1n) is 5.51. The summed E-state index contributed by atoms with van der Waals surface area (Å²) in [6.45, 7) is 0. The van der Waals surface area contributed by atoms with E-state index >= 15 is 0 Å². The third-order valence-corrected chi connectivity index (χ3v) is 2.65. The lowest BCUT2D eigenvalue weighted by molar-refractivity contribution is -0.111. The minimum absolute atomic E-state index is 0.181. The lowest BCUT2D eigenvalue weighted by Gasteiger charge is -2.01. The van der Waals surface area contributed by atoms with E-state index in [1.54, 1.807) is 30.5 Å². The molecule has 0 atom stereocenters. The van der Waals surface area contributed by atoms with Gasteiger partial charge in [0.2, 0.25) is 5.91 Å². The quantitative estimate of drug-likeness (QED) is 0.872. The first kappa shape index (κ1) is 13.2. The summed E-state index contributed by atoms with van der Waals surface area (Å²) in [6.07, 6.45) is 4.10. The zero-order chi connectivity index (χ0) is 13.7. The molecule has 2 aromatic rings. The van der Waals surface area contributed by atoms with Gasteiger partial charge >= 0.3 is 0 Å². The van der Waals surface area contributed by atoms with Gasteiger partial charge in [0.1, 0.15) is 11.6 Å². The molecule has 0 saturated heterocycles. The number of nitrogens with one attached hydrogen (secondary N) is 1. The highest BCUT2D eigenvalue weighted by molar-refractivity contribution is 6.32.